The zero-order valence-corrected chi connectivity index (χ0v) is 11.2. The number of ether oxygens (including phenoxy) is 1. The maximum absolute atomic E-state index is 11.6. The number of hydrogen-bond donors (Lipinski definition) is 2. The van der Waals surface area contributed by atoms with Crippen LogP contribution >= 0.6 is 0 Å². The standard InChI is InChI=1S/C9H17N5O3S/c1-7-8(2)12-13-9(11-7)14-18(15,16)6-5-17-4-3-10/h3-6,10H2,1-2H3,(H,11,13,14). The summed E-state index contributed by atoms with van der Waals surface area (Å²) < 4.78 is 30.5. The molecule has 8 nitrogen and oxygen atoms in total. The number of nitrogens with one attached hydrogen (secondary N) is 1. The van der Waals surface area contributed by atoms with Gasteiger partial charge < -0.3 is 10.5 Å². The van der Waals surface area contributed by atoms with Crippen molar-refractivity contribution < 1.29 is 13.2 Å². The maximum atomic E-state index is 11.6. The second-order valence-electron chi connectivity index (χ2n) is 3.63. The van der Waals surface area contributed by atoms with Crippen LogP contribution in [0, 0.1) is 13.8 Å². The molecule has 0 aliphatic heterocycles. The number of hydrogen-bond acceptors (Lipinski definition) is 7. The molecule has 1 aromatic heterocycles. The van der Waals surface area contributed by atoms with Crippen LogP contribution in [0.2, 0.25) is 0 Å². The Balaban J connectivity index is 2.56. The minimum absolute atomic E-state index is 0.0306. The number of aryl methyl sites for hydroxylation is 2. The van der Waals surface area contributed by atoms with Crippen molar-refractivity contribution >= 4 is 16.0 Å². The van der Waals surface area contributed by atoms with E-state index in [-0.39, 0.29) is 18.3 Å². The molecule has 0 fully saturated rings. The molecule has 1 aromatic rings. The molecule has 3 N–H and O–H groups in total. The normalized spacial score (nSPS) is 11.5. The van der Waals surface area contributed by atoms with E-state index in [4.69, 9.17) is 10.5 Å². The van der Waals surface area contributed by atoms with Gasteiger partial charge in [-0.25, -0.2) is 18.1 Å². The highest BCUT2D eigenvalue weighted by Crippen LogP contribution is 2.04. The Hall–Kier alpha value is -1.32. The van der Waals surface area contributed by atoms with Crippen LogP contribution in [0.1, 0.15) is 11.4 Å². The van der Waals surface area contributed by atoms with E-state index in [1.54, 1.807) is 13.8 Å². The quantitative estimate of drug-likeness (QED) is 0.625. The summed E-state index contributed by atoms with van der Waals surface area (Å²) in [7, 11) is -3.53. The van der Waals surface area contributed by atoms with Crippen LogP contribution in [-0.4, -0.2) is 49.1 Å². The fourth-order valence-electron chi connectivity index (χ4n) is 1.04. The SMILES string of the molecule is Cc1nnc(NS(=O)(=O)CCOCCN)nc1C. The molecule has 0 saturated carbocycles. The van der Waals surface area contributed by atoms with Gasteiger partial charge in [0.2, 0.25) is 10.0 Å². The van der Waals surface area contributed by atoms with Crippen LogP contribution in [0.25, 0.3) is 0 Å². The maximum Gasteiger partial charge on any atom is 0.256 e. The first-order chi connectivity index (χ1) is 8.44. The molecular formula is C9H17N5O3S. The van der Waals surface area contributed by atoms with E-state index in [0.29, 0.717) is 24.5 Å². The summed E-state index contributed by atoms with van der Waals surface area (Å²) in [6.45, 7) is 4.24. The van der Waals surface area contributed by atoms with E-state index < -0.39 is 10.0 Å². The molecule has 18 heavy (non-hydrogen) atoms. The van der Waals surface area contributed by atoms with Crippen molar-refractivity contribution in [2.45, 2.75) is 13.8 Å². The highest BCUT2D eigenvalue weighted by molar-refractivity contribution is 7.92. The molecule has 0 saturated heterocycles. The Morgan fingerprint density at radius 3 is 2.56 bits per heavy atom. The monoisotopic (exact) mass is 275 g/mol. The van der Waals surface area contributed by atoms with Gasteiger partial charge in [0.15, 0.2) is 0 Å². The minimum Gasteiger partial charge on any atom is -0.379 e. The number of sulfonamides is 1. The average Bonchev–Trinajstić information content (AvgIpc) is 2.29. The topological polar surface area (TPSA) is 120 Å². The molecule has 0 spiro atoms. The third kappa shape index (κ3) is 4.90. The van der Waals surface area contributed by atoms with Crippen molar-refractivity contribution in [1.82, 2.24) is 15.2 Å². The molecule has 0 aromatic carbocycles. The number of rotatable bonds is 7. The van der Waals surface area contributed by atoms with Gasteiger partial charge in [0.05, 0.1) is 30.4 Å². The second kappa shape index (κ2) is 6.57. The smallest absolute Gasteiger partial charge is 0.256 e. The lowest BCUT2D eigenvalue weighted by Gasteiger charge is -2.07. The van der Waals surface area contributed by atoms with Crippen LogP contribution in [-0.2, 0) is 14.8 Å². The Morgan fingerprint density at radius 1 is 1.22 bits per heavy atom. The van der Waals surface area contributed by atoms with Gasteiger partial charge in [-0.1, -0.05) is 0 Å². The summed E-state index contributed by atoms with van der Waals surface area (Å²) in [4.78, 5) is 3.98. The zero-order chi connectivity index (χ0) is 13.6. The summed E-state index contributed by atoms with van der Waals surface area (Å²) in [6, 6.07) is 0. The van der Waals surface area contributed by atoms with Gasteiger partial charge in [0, 0.05) is 6.54 Å². The molecule has 1 rings (SSSR count). The minimum atomic E-state index is -3.53. The lowest BCUT2D eigenvalue weighted by molar-refractivity contribution is 0.157. The third-order valence-electron chi connectivity index (χ3n) is 2.10. The van der Waals surface area contributed by atoms with Gasteiger partial charge in [-0.05, 0) is 13.8 Å². The van der Waals surface area contributed by atoms with E-state index in [2.05, 4.69) is 19.9 Å². The van der Waals surface area contributed by atoms with E-state index in [1.807, 2.05) is 0 Å². The summed E-state index contributed by atoms with van der Waals surface area (Å²) >= 11 is 0. The van der Waals surface area contributed by atoms with E-state index in [1.165, 1.54) is 0 Å². The van der Waals surface area contributed by atoms with Crippen molar-refractivity contribution in [3.63, 3.8) is 0 Å². The van der Waals surface area contributed by atoms with Crippen LogP contribution in [0.4, 0.5) is 5.95 Å². The second-order valence-corrected chi connectivity index (χ2v) is 5.47. The van der Waals surface area contributed by atoms with Gasteiger partial charge in [-0.2, -0.15) is 5.10 Å². The van der Waals surface area contributed by atoms with E-state index in [9.17, 15) is 8.42 Å². The number of nitrogens with two attached hydrogens (primary N) is 1. The highest BCUT2D eigenvalue weighted by Gasteiger charge is 2.13. The Kier molecular flexibility index (Phi) is 5.38. The number of aromatic nitrogens is 3. The fourth-order valence-corrected chi connectivity index (χ4v) is 1.85. The fraction of sp³-hybridized carbons (Fsp3) is 0.667. The van der Waals surface area contributed by atoms with Crippen molar-refractivity contribution in [3.05, 3.63) is 11.4 Å². The molecule has 0 amide bonds. The molecule has 9 heteroatoms. The van der Waals surface area contributed by atoms with Gasteiger partial charge in [-0.3, -0.25) is 0 Å². The predicted octanol–water partition coefficient (Wildman–Crippen LogP) is -0.795. The van der Waals surface area contributed by atoms with Crippen molar-refractivity contribution in [1.29, 1.82) is 0 Å². The van der Waals surface area contributed by atoms with E-state index >= 15 is 0 Å². The lowest BCUT2D eigenvalue weighted by atomic mass is 10.4. The molecule has 0 atom stereocenters. The van der Waals surface area contributed by atoms with Crippen LogP contribution < -0.4 is 10.5 Å². The van der Waals surface area contributed by atoms with Crippen molar-refractivity contribution in [2.75, 3.05) is 30.2 Å². The van der Waals surface area contributed by atoms with Gasteiger partial charge in [-0.15, -0.1) is 5.10 Å². The first-order valence-electron chi connectivity index (χ1n) is 5.41. The summed E-state index contributed by atoms with van der Waals surface area (Å²) in [5.41, 5.74) is 6.50. The van der Waals surface area contributed by atoms with Gasteiger partial charge in [0.1, 0.15) is 0 Å². The zero-order valence-electron chi connectivity index (χ0n) is 10.4. The third-order valence-corrected chi connectivity index (χ3v) is 3.30. The van der Waals surface area contributed by atoms with Crippen LogP contribution in [0.3, 0.4) is 0 Å². The van der Waals surface area contributed by atoms with Crippen LogP contribution in [0.5, 0.6) is 0 Å². The van der Waals surface area contributed by atoms with Crippen molar-refractivity contribution in [2.24, 2.45) is 5.73 Å². The molecule has 0 bridgehead atoms. The largest absolute Gasteiger partial charge is 0.379 e. The van der Waals surface area contributed by atoms with E-state index in [0.717, 1.165) is 0 Å². The molecule has 1 heterocycles. The first-order valence-corrected chi connectivity index (χ1v) is 7.06. The predicted molar refractivity (Wildman–Crippen MR) is 66.6 cm³/mol. The lowest BCUT2D eigenvalue weighted by Crippen LogP contribution is -2.23. The van der Waals surface area contributed by atoms with Crippen molar-refractivity contribution in [3.8, 4) is 0 Å². The molecule has 0 unspecified atom stereocenters. The summed E-state index contributed by atoms with van der Waals surface area (Å²) in [5, 5.41) is 7.44. The first kappa shape index (κ1) is 14.7. The Bertz CT molecular complexity index is 491. The highest BCUT2D eigenvalue weighted by atomic mass is 32.2. The van der Waals surface area contributed by atoms with Gasteiger partial charge >= 0.3 is 0 Å². The summed E-state index contributed by atoms with van der Waals surface area (Å²) in [5.74, 6) is -0.208. The average molecular weight is 275 g/mol. The molecule has 0 radical (unpaired) electrons. The molecule has 102 valence electrons. The van der Waals surface area contributed by atoms with Gasteiger partial charge in [0.25, 0.3) is 5.95 Å². The number of nitrogens with zero attached hydrogens (tertiary/aromatic N) is 3. The van der Waals surface area contributed by atoms with Crippen LogP contribution in [0.15, 0.2) is 0 Å². The summed E-state index contributed by atoms with van der Waals surface area (Å²) in [6.07, 6.45) is 0. The number of anilines is 1. The Labute approximate surface area is 106 Å². The molecule has 0 aliphatic carbocycles. The molecule has 0 aliphatic rings. The Morgan fingerprint density at radius 2 is 1.94 bits per heavy atom. The molecular weight excluding hydrogens is 258 g/mol.